The maximum atomic E-state index is 12.7. The smallest absolute Gasteiger partial charge is 0.379 e. The number of hydrogen-bond acceptors (Lipinski definition) is 7. The fourth-order valence-corrected chi connectivity index (χ4v) is 5.89. The van der Waals surface area contributed by atoms with Gasteiger partial charge in [-0.15, -0.1) is 0 Å². The van der Waals surface area contributed by atoms with Crippen molar-refractivity contribution in [3.05, 3.63) is 0 Å². The van der Waals surface area contributed by atoms with Crippen LogP contribution in [0.1, 0.15) is 27.7 Å². The third kappa shape index (κ3) is 7.98. The van der Waals surface area contributed by atoms with Gasteiger partial charge in [-0.05, 0) is 39.1 Å². The summed E-state index contributed by atoms with van der Waals surface area (Å²) in [5, 5.41) is 0. The lowest BCUT2D eigenvalue weighted by Gasteiger charge is -2.29. The molecule has 0 aromatic heterocycles. The molecule has 0 saturated carbocycles. The quantitative estimate of drug-likeness (QED) is 0.542. The summed E-state index contributed by atoms with van der Waals surface area (Å²) in [6.45, 7) is 7.98. The molecule has 20 heavy (non-hydrogen) atoms. The van der Waals surface area contributed by atoms with Gasteiger partial charge in [-0.1, -0.05) is 0 Å². The fraction of sp³-hybridized carbons (Fsp3) is 1.00. The predicted molar refractivity (Wildman–Crippen MR) is 82.9 cm³/mol. The second-order valence-electron chi connectivity index (χ2n) is 5.58. The zero-order chi connectivity index (χ0) is 15.2. The van der Waals surface area contributed by atoms with Crippen molar-refractivity contribution in [3.8, 4) is 0 Å². The van der Waals surface area contributed by atoms with E-state index >= 15 is 0 Å². The Morgan fingerprint density at radius 1 is 1.40 bits per heavy atom. The molecule has 2 N–H and O–H groups in total. The van der Waals surface area contributed by atoms with Gasteiger partial charge in [0.2, 0.25) is 0 Å². The van der Waals surface area contributed by atoms with Crippen molar-refractivity contribution >= 4 is 18.2 Å². The van der Waals surface area contributed by atoms with Gasteiger partial charge in [-0.25, -0.2) is 4.57 Å². The van der Waals surface area contributed by atoms with Crippen molar-refractivity contribution in [1.29, 1.82) is 0 Å². The van der Waals surface area contributed by atoms with Crippen LogP contribution in [-0.4, -0.2) is 55.3 Å². The highest BCUT2D eigenvalue weighted by molar-refractivity contribution is 8.55. The van der Waals surface area contributed by atoms with Gasteiger partial charge in [0.1, 0.15) is 5.72 Å². The van der Waals surface area contributed by atoms with E-state index in [9.17, 15) is 4.57 Å². The molecule has 0 aliphatic carbocycles. The van der Waals surface area contributed by atoms with E-state index < -0.39 is 12.5 Å². The fourth-order valence-electron chi connectivity index (χ4n) is 1.73. The predicted octanol–water partition coefficient (Wildman–Crippen LogP) is 2.30. The van der Waals surface area contributed by atoms with Crippen LogP contribution < -0.4 is 5.73 Å². The van der Waals surface area contributed by atoms with Gasteiger partial charge in [-0.2, -0.15) is 0 Å². The summed E-state index contributed by atoms with van der Waals surface area (Å²) in [5.41, 5.74) is 4.82. The highest BCUT2D eigenvalue weighted by atomic mass is 32.7. The molecule has 0 bridgehead atoms. The van der Waals surface area contributed by atoms with E-state index in [0.717, 1.165) is 32.8 Å². The molecular formula is C12H27N2O4PS. The highest BCUT2D eigenvalue weighted by Crippen LogP contribution is 2.62. The maximum Gasteiger partial charge on any atom is 0.391 e. The molecule has 8 heteroatoms. The van der Waals surface area contributed by atoms with E-state index in [1.807, 2.05) is 13.8 Å². The van der Waals surface area contributed by atoms with Crippen LogP contribution >= 0.6 is 18.2 Å². The van der Waals surface area contributed by atoms with Crippen molar-refractivity contribution in [2.45, 2.75) is 39.5 Å². The summed E-state index contributed by atoms with van der Waals surface area (Å²) >= 11 is 1.22. The number of nitrogens with two attached hydrogens (primary N) is 1. The third-order valence-electron chi connectivity index (χ3n) is 2.45. The first-order valence-electron chi connectivity index (χ1n) is 6.93. The third-order valence-corrected chi connectivity index (χ3v) is 6.48. The largest absolute Gasteiger partial charge is 0.391 e. The van der Waals surface area contributed by atoms with Gasteiger partial charge in [0, 0.05) is 25.4 Å². The normalized spacial score (nSPS) is 21.1. The monoisotopic (exact) mass is 326 g/mol. The van der Waals surface area contributed by atoms with Gasteiger partial charge in [0.15, 0.2) is 0 Å². The summed E-state index contributed by atoms with van der Waals surface area (Å²) < 4.78 is 28.9. The number of hydrogen-bond donors (Lipinski definition) is 1. The molecule has 1 fully saturated rings. The van der Waals surface area contributed by atoms with E-state index in [2.05, 4.69) is 4.90 Å². The summed E-state index contributed by atoms with van der Waals surface area (Å²) in [6.07, 6.45) is -0.168. The highest BCUT2D eigenvalue weighted by Gasteiger charge is 2.33. The van der Waals surface area contributed by atoms with Crippen LogP contribution in [0.3, 0.4) is 0 Å². The van der Waals surface area contributed by atoms with Gasteiger partial charge in [-0.3, -0.25) is 13.9 Å². The SMILES string of the molecule is CC(C)OP(=O)(OC(C)(C)N)SCCN1CCOCC1. The Kier molecular flexibility index (Phi) is 7.49. The lowest BCUT2D eigenvalue weighted by atomic mass is 10.4. The Morgan fingerprint density at radius 2 is 2.00 bits per heavy atom. The minimum Gasteiger partial charge on any atom is -0.379 e. The van der Waals surface area contributed by atoms with Crippen LogP contribution in [0, 0.1) is 0 Å². The van der Waals surface area contributed by atoms with Gasteiger partial charge >= 0.3 is 6.80 Å². The van der Waals surface area contributed by atoms with Crippen LogP contribution in [0.5, 0.6) is 0 Å². The van der Waals surface area contributed by atoms with Crippen LogP contribution in [-0.2, 0) is 18.3 Å². The van der Waals surface area contributed by atoms with Crippen molar-refractivity contribution in [1.82, 2.24) is 4.90 Å². The van der Waals surface area contributed by atoms with Crippen LogP contribution in [0.4, 0.5) is 0 Å². The molecular weight excluding hydrogens is 299 g/mol. The first-order chi connectivity index (χ1) is 9.20. The Labute approximate surface area is 126 Å². The molecule has 0 amide bonds. The second-order valence-corrected chi connectivity index (χ2v) is 9.65. The average molecular weight is 326 g/mol. The van der Waals surface area contributed by atoms with Crippen molar-refractivity contribution in [2.24, 2.45) is 5.73 Å². The first kappa shape index (κ1) is 18.4. The average Bonchev–Trinajstić information content (AvgIpc) is 2.26. The Balaban J connectivity index is 2.45. The molecule has 0 radical (unpaired) electrons. The molecule has 1 saturated heterocycles. The van der Waals surface area contributed by atoms with E-state index in [4.69, 9.17) is 19.5 Å². The molecule has 120 valence electrons. The van der Waals surface area contributed by atoms with Crippen molar-refractivity contribution < 1.29 is 18.3 Å². The zero-order valence-electron chi connectivity index (χ0n) is 12.8. The maximum absolute atomic E-state index is 12.7. The molecule has 1 heterocycles. The molecule has 1 aliphatic heterocycles. The second kappa shape index (κ2) is 8.13. The lowest BCUT2D eigenvalue weighted by molar-refractivity contribution is 0.0410. The summed E-state index contributed by atoms with van der Waals surface area (Å²) in [4.78, 5) is 2.28. The Hall–Kier alpha value is 0.380. The number of ether oxygens (including phenoxy) is 1. The molecule has 6 nitrogen and oxygen atoms in total. The van der Waals surface area contributed by atoms with Crippen molar-refractivity contribution in [2.75, 3.05) is 38.6 Å². The molecule has 0 spiro atoms. The minimum atomic E-state index is -3.23. The van der Waals surface area contributed by atoms with E-state index in [0.29, 0.717) is 5.75 Å². The van der Waals surface area contributed by atoms with Crippen LogP contribution in [0.15, 0.2) is 0 Å². The lowest BCUT2D eigenvalue weighted by Crippen LogP contribution is -2.37. The van der Waals surface area contributed by atoms with E-state index in [1.54, 1.807) is 13.8 Å². The summed E-state index contributed by atoms with van der Waals surface area (Å²) in [7, 11) is 0. The standard InChI is InChI=1S/C12H27N2O4PS/c1-11(2)17-19(15,18-12(3,4)13)20-10-7-14-5-8-16-9-6-14/h11H,5-10,13H2,1-4H3. The molecule has 1 rings (SSSR count). The Bertz CT molecular complexity index is 330. The molecule has 1 unspecified atom stereocenters. The molecule has 0 aromatic carbocycles. The summed E-state index contributed by atoms with van der Waals surface area (Å²) in [5.74, 6) is 0.681. The van der Waals surface area contributed by atoms with Gasteiger partial charge in [0.25, 0.3) is 0 Å². The number of morpholine rings is 1. The van der Waals surface area contributed by atoms with Crippen LogP contribution in [0.25, 0.3) is 0 Å². The minimum absolute atomic E-state index is 0.168. The summed E-state index contributed by atoms with van der Waals surface area (Å²) in [6, 6.07) is 0. The van der Waals surface area contributed by atoms with E-state index in [-0.39, 0.29) is 6.10 Å². The first-order valence-corrected chi connectivity index (χ1v) is 10.1. The van der Waals surface area contributed by atoms with Gasteiger partial charge in [0.05, 0.1) is 19.3 Å². The molecule has 1 atom stereocenters. The zero-order valence-corrected chi connectivity index (χ0v) is 14.5. The van der Waals surface area contributed by atoms with Gasteiger partial charge < -0.3 is 10.5 Å². The number of nitrogens with zero attached hydrogens (tertiary/aromatic N) is 1. The topological polar surface area (TPSA) is 74.0 Å². The van der Waals surface area contributed by atoms with Crippen LogP contribution in [0.2, 0.25) is 0 Å². The number of rotatable bonds is 8. The Morgan fingerprint density at radius 3 is 2.50 bits per heavy atom. The van der Waals surface area contributed by atoms with E-state index in [1.165, 1.54) is 11.4 Å². The molecule has 0 aromatic rings. The van der Waals surface area contributed by atoms with Crippen molar-refractivity contribution in [3.63, 3.8) is 0 Å². The molecule has 1 aliphatic rings.